The molecular weight excluding hydrogens is 250 g/mol. The monoisotopic (exact) mass is 269 g/mol. The Hall–Kier alpha value is -0.910. The second-order valence-electron chi connectivity index (χ2n) is 5.25. The molecule has 2 rings (SSSR count). The highest BCUT2D eigenvalue weighted by Gasteiger charge is 2.26. The van der Waals surface area contributed by atoms with E-state index in [9.17, 15) is 13.5 Å². The van der Waals surface area contributed by atoms with Crippen LogP contribution < -0.4 is 0 Å². The summed E-state index contributed by atoms with van der Waals surface area (Å²) >= 11 is 0. The van der Waals surface area contributed by atoms with E-state index in [1.807, 2.05) is 32.0 Å². The third-order valence-electron chi connectivity index (χ3n) is 3.37. The third-order valence-corrected chi connectivity index (χ3v) is 4.56. The molecule has 1 aliphatic rings. The van der Waals surface area contributed by atoms with Crippen molar-refractivity contribution in [3.63, 3.8) is 0 Å². The first-order valence-corrected chi connectivity index (χ1v) is 7.88. The minimum atomic E-state index is -3.15. The van der Waals surface area contributed by atoms with Crippen molar-refractivity contribution in [2.45, 2.75) is 33.0 Å². The molecule has 0 amide bonds. The van der Waals surface area contributed by atoms with E-state index in [0.717, 1.165) is 16.7 Å². The Kier molecular flexibility index (Phi) is 3.49. The van der Waals surface area contributed by atoms with Crippen LogP contribution in [-0.4, -0.2) is 24.1 Å². The number of hydrogen-bond donors (Lipinski definition) is 1. The number of benzene rings is 1. The van der Waals surface area contributed by atoms with Gasteiger partial charge in [0.25, 0.3) is 0 Å². The number of aliphatic hydroxyl groups excluding tert-OH is 1. The number of sulfonamides is 1. The lowest BCUT2D eigenvalue weighted by Gasteiger charge is -2.15. The average molecular weight is 269 g/mol. The summed E-state index contributed by atoms with van der Waals surface area (Å²) in [6.07, 6.45) is 0.727. The summed E-state index contributed by atoms with van der Waals surface area (Å²) in [4.78, 5) is 0. The maximum absolute atomic E-state index is 11.5. The molecule has 0 aromatic heterocycles. The molecule has 1 N–H and O–H groups in total. The summed E-state index contributed by atoms with van der Waals surface area (Å²) in [7, 11) is -3.15. The van der Waals surface area contributed by atoms with Gasteiger partial charge in [0.05, 0.1) is 12.4 Å². The van der Waals surface area contributed by atoms with Gasteiger partial charge in [0.2, 0.25) is 10.0 Å². The molecule has 0 aliphatic carbocycles. The standard InChI is InChI=1S/C13H19NO3S/c1-9(2)13(15)10-4-5-11-7-14(18(3,16)17)8-12(11)6-10/h4-6,9,13,15H,7-8H2,1-3H3. The summed E-state index contributed by atoms with van der Waals surface area (Å²) in [5, 5.41) is 10.0. The van der Waals surface area contributed by atoms with E-state index in [2.05, 4.69) is 0 Å². The van der Waals surface area contributed by atoms with Gasteiger partial charge in [-0.15, -0.1) is 0 Å². The molecule has 1 aromatic carbocycles. The van der Waals surface area contributed by atoms with Crippen molar-refractivity contribution < 1.29 is 13.5 Å². The van der Waals surface area contributed by atoms with E-state index in [-0.39, 0.29) is 5.92 Å². The predicted octanol–water partition coefficient (Wildman–Crippen LogP) is 1.65. The topological polar surface area (TPSA) is 57.6 Å². The molecule has 0 fully saturated rings. The number of fused-ring (bicyclic) bond motifs is 1. The van der Waals surface area contributed by atoms with Crippen LogP contribution >= 0.6 is 0 Å². The zero-order valence-corrected chi connectivity index (χ0v) is 11.7. The Balaban J connectivity index is 2.28. The zero-order valence-electron chi connectivity index (χ0n) is 10.9. The van der Waals surface area contributed by atoms with Crippen LogP contribution in [-0.2, 0) is 23.1 Å². The summed E-state index contributed by atoms with van der Waals surface area (Å²) in [5.74, 6) is 0.149. The Morgan fingerprint density at radius 2 is 1.83 bits per heavy atom. The predicted molar refractivity (Wildman–Crippen MR) is 70.3 cm³/mol. The highest BCUT2D eigenvalue weighted by Crippen LogP contribution is 2.29. The van der Waals surface area contributed by atoms with Crippen molar-refractivity contribution in [2.24, 2.45) is 5.92 Å². The number of hydrogen-bond acceptors (Lipinski definition) is 3. The molecule has 1 atom stereocenters. The van der Waals surface area contributed by atoms with Gasteiger partial charge in [-0.05, 0) is 22.6 Å². The van der Waals surface area contributed by atoms with Gasteiger partial charge >= 0.3 is 0 Å². The Morgan fingerprint density at radius 1 is 1.22 bits per heavy atom. The van der Waals surface area contributed by atoms with Crippen LogP contribution in [0.4, 0.5) is 0 Å². The molecule has 0 spiro atoms. The fourth-order valence-electron chi connectivity index (χ4n) is 2.19. The maximum atomic E-state index is 11.5. The van der Waals surface area contributed by atoms with Crippen molar-refractivity contribution in [1.82, 2.24) is 4.31 Å². The van der Waals surface area contributed by atoms with Crippen molar-refractivity contribution in [3.8, 4) is 0 Å². The Bertz CT molecular complexity index is 551. The zero-order chi connectivity index (χ0) is 13.5. The minimum Gasteiger partial charge on any atom is -0.388 e. The van der Waals surface area contributed by atoms with Crippen LogP contribution in [0.5, 0.6) is 0 Å². The quantitative estimate of drug-likeness (QED) is 0.907. The molecule has 4 nitrogen and oxygen atoms in total. The van der Waals surface area contributed by atoms with Gasteiger partial charge in [-0.25, -0.2) is 8.42 Å². The number of aliphatic hydroxyl groups is 1. The van der Waals surface area contributed by atoms with Gasteiger partial charge in [-0.3, -0.25) is 0 Å². The normalized spacial score (nSPS) is 18.1. The lowest BCUT2D eigenvalue weighted by atomic mass is 9.96. The summed E-state index contributed by atoms with van der Waals surface area (Å²) in [6.45, 7) is 4.76. The first-order chi connectivity index (χ1) is 8.29. The summed E-state index contributed by atoms with van der Waals surface area (Å²) in [6, 6.07) is 5.72. The Morgan fingerprint density at radius 3 is 2.39 bits per heavy atom. The molecular formula is C13H19NO3S. The Labute approximate surface area is 108 Å². The second kappa shape index (κ2) is 4.64. The maximum Gasteiger partial charge on any atom is 0.211 e. The van der Waals surface area contributed by atoms with Crippen molar-refractivity contribution in [3.05, 3.63) is 34.9 Å². The molecule has 0 radical (unpaired) electrons. The van der Waals surface area contributed by atoms with E-state index in [1.54, 1.807) is 0 Å². The van der Waals surface area contributed by atoms with Crippen molar-refractivity contribution >= 4 is 10.0 Å². The SMILES string of the molecule is CC(C)C(O)c1ccc2c(c1)CN(S(C)(=O)=O)C2. The van der Waals surface area contributed by atoms with Gasteiger partial charge < -0.3 is 5.11 Å². The largest absolute Gasteiger partial charge is 0.388 e. The van der Waals surface area contributed by atoms with E-state index in [1.165, 1.54) is 10.6 Å². The molecule has 1 aliphatic heterocycles. The summed E-state index contributed by atoms with van der Waals surface area (Å²) in [5.41, 5.74) is 2.89. The van der Waals surface area contributed by atoms with Crippen molar-refractivity contribution in [2.75, 3.05) is 6.26 Å². The highest BCUT2D eigenvalue weighted by molar-refractivity contribution is 7.88. The first-order valence-electron chi connectivity index (χ1n) is 6.04. The van der Waals surface area contributed by atoms with Crippen LogP contribution in [0, 0.1) is 5.92 Å². The molecule has 100 valence electrons. The van der Waals surface area contributed by atoms with Crippen molar-refractivity contribution in [1.29, 1.82) is 0 Å². The lowest BCUT2D eigenvalue weighted by molar-refractivity contribution is 0.127. The molecule has 0 bridgehead atoms. The number of nitrogens with zero attached hydrogens (tertiary/aromatic N) is 1. The molecule has 1 heterocycles. The lowest BCUT2D eigenvalue weighted by Crippen LogP contribution is -2.23. The van der Waals surface area contributed by atoms with Crippen LogP contribution in [0.2, 0.25) is 0 Å². The van der Waals surface area contributed by atoms with Crippen LogP contribution in [0.15, 0.2) is 18.2 Å². The van der Waals surface area contributed by atoms with E-state index < -0.39 is 16.1 Å². The molecule has 1 aromatic rings. The van der Waals surface area contributed by atoms with Gasteiger partial charge in [0, 0.05) is 13.1 Å². The number of rotatable bonds is 3. The fourth-order valence-corrected chi connectivity index (χ4v) is 2.93. The third kappa shape index (κ3) is 2.58. The molecule has 0 saturated carbocycles. The van der Waals surface area contributed by atoms with E-state index >= 15 is 0 Å². The first kappa shape index (κ1) is 13.5. The smallest absolute Gasteiger partial charge is 0.211 e. The van der Waals surface area contributed by atoms with Crippen LogP contribution in [0.3, 0.4) is 0 Å². The molecule has 1 unspecified atom stereocenters. The van der Waals surface area contributed by atoms with Gasteiger partial charge in [0.1, 0.15) is 0 Å². The van der Waals surface area contributed by atoms with E-state index in [0.29, 0.717) is 13.1 Å². The summed E-state index contributed by atoms with van der Waals surface area (Å²) < 4.78 is 24.5. The molecule has 5 heteroatoms. The fraction of sp³-hybridized carbons (Fsp3) is 0.538. The highest BCUT2D eigenvalue weighted by atomic mass is 32.2. The van der Waals surface area contributed by atoms with Gasteiger partial charge in [-0.1, -0.05) is 32.0 Å². The minimum absolute atomic E-state index is 0.149. The second-order valence-corrected chi connectivity index (χ2v) is 7.23. The average Bonchev–Trinajstić information content (AvgIpc) is 2.69. The van der Waals surface area contributed by atoms with Crippen LogP contribution in [0.25, 0.3) is 0 Å². The van der Waals surface area contributed by atoms with Gasteiger partial charge in [0.15, 0.2) is 0 Å². The van der Waals surface area contributed by atoms with Crippen LogP contribution in [0.1, 0.15) is 36.6 Å². The van der Waals surface area contributed by atoms with E-state index in [4.69, 9.17) is 0 Å². The molecule has 0 saturated heterocycles. The molecule has 18 heavy (non-hydrogen) atoms. The van der Waals surface area contributed by atoms with Gasteiger partial charge in [-0.2, -0.15) is 4.31 Å².